The maximum absolute atomic E-state index is 12.6. The number of ketones is 1. The Hall–Kier alpha value is -1.52. The highest BCUT2D eigenvalue weighted by atomic mass is 19.4. The number of hydrogen-bond donors (Lipinski definition) is 1. The minimum atomic E-state index is -4.64. The van der Waals surface area contributed by atoms with Gasteiger partial charge in [-0.05, 0) is 26.0 Å². The topological polar surface area (TPSA) is 37.3 Å². The number of phenolic OH excluding ortho intramolecular Hbond substituents is 1. The lowest BCUT2D eigenvalue weighted by Gasteiger charge is -2.14. The van der Waals surface area contributed by atoms with E-state index >= 15 is 0 Å². The van der Waals surface area contributed by atoms with Crippen LogP contribution >= 0.6 is 0 Å². The third kappa shape index (κ3) is 2.11. The number of carbonyl (C=O) groups is 1. The van der Waals surface area contributed by atoms with E-state index in [0.717, 1.165) is 26.0 Å². The molecule has 82 valence electrons. The van der Waals surface area contributed by atoms with Crippen LogP contribution in [0.25, 0.3) is 0 Å². The summed E-state index contributed by atoms with van der Waals surface area (Å²) in [6.07, 6.45) is -4.64. The average molecular weight is 218 g/mol. The number of carbonyl (C=O) groups excluding carboxylic acids is 1. The van der Waals surface area contributed by atoms with Crippen molar-refractivity contribution in [2.45, 2.75) is 20.0 Å². The van der Waals surface area contributed by atoms with E-state index < -0.39 is 28.8 Å². The maximum atomic E-state index is 12.6. The Labute approximate surface area is 84.3 Å². The van der Waals surface area contributed by atoms with Crippen LogP contribution in [-0.2, 0) is 6.18 Å². The van der Waals surface area contributed by atoms with Crippen molar-refractivity contribution in [1.82, 2.24) is 0 Å². The molecule has 0 atom stereocenters. The summed E-state index contributed by atoms with van der Waals surface area (Å²) in [5, 5.41) is 9.16. The van der Waals surface area contributed by atoms with Crippen LogP contribution in [0, 0.1) is 6.92 Å². The molecule has 0 radical (unpaired) electrons. The maximum Gasteiger partial charge on any atom is 0.417 e. The van der Waals surface area contributed by atoms with Crippen molar-refractivity contribution in [3.63, 3.8) is 0 Å². The van der Waals surface area contributed by atoms with Gasteiger partial charge in [-0.2, -0.15) is 13.2 Å². The lowest BCUT2D eigenvalue weighted by molar-refractivity contribution is -0.138. The molecule has 0 heterocycles. The highest BCUT2D eigenvalue weighted by molar-refractivity contribution is 5.96. The van der Waals surface area contributed by atoms with Gasteiger partial charge in [0.2, 0.25) is 0 Å². The van der Waals surface area contributed by atoms with Crippen molar-refractivity contribution in [3.05, 3.63) is 28.8 Å². The molecule has 0 aliphatic heterocycles. The summed E-state index contributed by atoms with van der Waals surface area (Å²) in [6.45, 7) is 2.19. The third-order valence-corrected chi connectivity index (χ3v) is 2.10. The van der Waals surface area contributed by atoms with Crippen LogP contribution in [0.5, 0.6) is 5.75 Å². The molecule has 0 spiro atoms. The summed E-state index contributed by atoms with van der Waals surface area (Å²) in [5.41, 5.74) is -1.80. The number of rotatable bonds is 1. The van der Waals surface area contributed by atoms with Crippen LogP contribution in [-0.4, -0.2) is 10.9 Å². The Morgan fingerprint density at radius 2 is 1.87 bits per heavy atom. The van der Waals surface area contributed by atoms with E-state index in [1.807, 2.05) is 0 Å². The number of Topliss-reactive ketones (excluding diaryl/α,β-unsaturated/α-hetero) is 1. The van der Waals surface area contributed by atoms with Crippen molar-refractivity contribution in [1.29, 1.82) is 0 Å². The van der Waals surface area contributed by atoms with E-state index in [0.29, 0.717) is 0 Å². The van der Waals surface area contributed by atoms with E-state index in [4.69, 9.17) is 5.11 Å². The summed E-state index contributed by atoms with van der Waals surface area (Å²) < 4.78 is 37.8. The standard InChI is InChI=1S/C10H9F3O2/c1-5-8(15)4-3-7(6(2)14)9(5)10(11,12)13/h3-4,15H,1-2H3. The van der Waals surface area contributed by atoms with Crippen LogP contribution in [0.2, 0.25) is 0 Å². The van der Waals surface area contributed by atoms with Crippen LogP contribution in [0.4, 0.5) is 13.2 Å². The first kappa shape index (κ1) is 11.6. The van der Waals surface area contributed by atoms with Gasteiger partial charge in [0, 0.05) is 11.1 Å². The zero-order valence-electron chi connectivity index (χ0n) is 8.14. The molecule has 1 rings (SSSR count). The van der Waals surface area contributed by atoms with Crippen LogP contribution in [0.1, 0.15) is 28.4 Å². The highest BCUT2D eigenvalue weighted by Crippen LogP contribution is 2.37. The number of hydrogen-bond acceptors (Lipinski definition) is 2. The molecule has 1 aromatic rings. The van der Waals surface area contributed by atoms with Crippen molar-refractivity contribution < 1.29 is 23.1 Å². The molecule has 0 aromatic heterocycles. The molecule has 0 fully saturated rings. The van der Waals surface area contributed by atoms with E-state index in [1.165, 1.54) is 0 Å². The van der Waals surface area contributed by atoms with E-state index in [-0.39, 0.29) is 5.56 Å². The van der Waals surface area contributed by atoms with Gasteiger partial charge < -0.3 is 5.11 Å². The summed E-state index contributed by atoms with van der Waals surface area (Å²) in [4.78, 5) is 11.0. The van der Waals surface area contributed by atoms with Crippen LogP contribution < -0.4 is 0 Å². The van der Waals surface area contributed by atoms with Crippen molar-refractivity contribution >= 4 is 5.78 Å². The zero-order valence-corrected chi connectivity index (χ0v) is 8.14. The minimum Gasteiger partial charge on any atom is -0.508 e. The van der Waals surface area contributed by atoms with E-state index in [2.05, 4.69) is 0 Å². The molecule has 1 aromatic carbocycles. The summed E-state index contributed by atoms with van der Waals surface area (Å²) in [5.74, 6) is -1.14. The quantitative estimate of drug-likeness (QED) is 0.736. The number of alkyl halides is 3. The zero-order chi connectivity index (χ0) is 11.8. The van der Waals surface area contributed by atoms with Gasteiger partial charge in [0.05, 0.1) is 5.56 Å². The molecule has 0 aliphatic carbocycles. The molecule has 0 bridgehead atoms. The molecule has 0 unspecified atom stereocenters. The molecule has 0 aliphatic rings. The Bertz CT molecular complexity index is 408. The van der Waals surface area contributed by atoms with Crippen molar-refractivity contribution in [2.75, 3.05) is 0 Å². The molecule has 2 nitrogen and oxygen atoms in total. The lowest BCUT2D eigenvalue weighted by Crippen LogP contribution is -2.13. The Morgan fingerprint density at radius 3 is 2.27 bits per heavy atom. The van der Waals surface area contributed by atoms with Gasteiger partial charge in [-0.1, -0.05) is 0 Å². The molecular formula is C10H9F3O2. The highest BCUT2D eigenvalue weighted by Gasteiger charge is 2.37. The van der Waals surface area contributed by atoms with Gasteiger partial charge in [-0.25, -0.2) is 0 Å². The van der Waals surface area contributed by atoms with Gasteiger partial charge in [-0.15, -0.1) is 0 Å². The summed E-state index contributed by atoms with van der Waals surface area (Å²) in [7, 11) is 0. The SMILES string of the molecule is CC(=O)c1ccc(O)c(C)c1C(F)(F)F. The molecule has 0 saturated heterocycles. The first-order valence-electron chi connectivity index (χ1n) is 4.16. The Morgan fingerprint density at radius 1 is 1.33 bits per heavy atom. The van der Waals surface area contributed by atoms with Gasteiger partial charge in [-0.3, -0.25) is 4.79 Å². The smallest absolute Gasteiger partial charge is 0.417 e. The fourth-order valence-electron chi connectivity index (χ4n) is 1.36. The lowest BCUT2D eigenvalue weighted by atomic mass is 9.98. The monoisotopic (exact) mass is 218 g/mol. The molecule has 1 N–H and O–H groups in total. The van der Waals surface area contributed by atoms with Crippen LogP contribution in [0.3, 0.4) is 0 Å². The molecule has 0 saturated carbocycles. The normalized spacial score (nSPS) is 11.5. The average Bonchev–Trinajstić information content (AvgIpc) is 2.06. The molecule has 5 heteroatoms. The molecular weight excluding hydrogens is 209 g/mol. The second kappa shape index (κ2) is 3.56. The van der Waals surface area contributed by atoms with Crippen molar-refractivity contribution in [3.8, 4) is 5.75 Å². The molecule has 0 amide bonds. The third-order valence-electron chi connectivity index (χ3n) is 2.10. The minimum absolute atomic E-state index is 0.324. The first-order chi connectivity index (χ1) is 6.75. The van der Waals surface area contributed by atoms with Gasteiger partial charge in [0.1, 0.15) is 5.75 Å². The Kier molecular flexibility index (Phi) is 2.75. The van der Waals surface area contributed by atoms with Gasteiger partial charge in [0.15, 0.2) is 5.78 Å². The predicted molar refractivity (Wildman–Crippen MR) is 47.9 cm³/mol. The van der Waals surface area contributed by atoms with Gasteiger partial charge >= 0.3 is 6.18 Å². The van der Waals surface area contributed by atoms with Crippen molar-refractivity contribution in [2.24, 2.45) is 0 Å². The number of halogens is 3. The fourth-order valence-corrected chi connectivity index (χ4v) is 1.36. The number of phenols is 1. The summed E-state index contributed by atoms with van der Waals surface area (Å²) >= 11 is 0. The number of benzene rings is 1. The predicted octanol–water partition coefficient (Wildman–Crippen LogP) is 2.92. The Balaban J connectivity index is 3.57. The molecule has 15 heavy (non-hydrogen) atoms. The first-order valence-corrected chi connectivity index (χ1v) is 4.16. The largest absolute Gasteiger partial charge is 0.508 e. The fraction of sp³-hybridized carbons (Fsp3) is 0.300. The van der Waals surface area contributed by atoms with Gasteiger partial charge in [0.25, 0.3) is 0 Å². The second-order valence-electron chi connectivity index (χ2n) is 3.19. The summed E-state index contributed by atoms with van der Waals surface area (Å²) in [6, 6.07) is 2.06. The van der Waals surface area contributed by atoms with E-state index in [1.54, 1.807) is 0 Å². The van der Waals surface area contributed by atoms with Crippen LogP contribution in [0.15, 0.2) is 12.1 Å². The van der Waals surface area contributed by atoms with E-state index in [9.17, 15) is 18.0 Å². The number of aromatic hydroxyl groups is 1. The second-order valence-corrected chi connectivity index (χ2v) is 3.19.